The molecule has 0 fully saturated rings. The molecule has 0 aromatic heterocycles. The Labute approximate surface area is 197 Å². The first-order valence-corrected chi connectivity index (χ1v) is 10.8. The summed E-state index contributed by atoms with van der Waals surface area (Å²) in [5, 5.41) is 2.77. The number of esters is 2. The van der Waals surface area contributed by atoms with Gasteiger partial charge in [-0.1, -0.05) is 48.5 Å². The maximum absolute atomic E-state index is 13.7. The van der Waals surface area contributed by atoms with Gasteiger partial charge in [-0.3, -0.25) is 4.79 Å². The van der Waals surface area contributed by atoms with E-state index in [4.69, 9.17) is 19.9 Å². The average Bonchev–Trinajstić information content (AvgIpc) is 3.03. The molecule has 2 aromatic rings. The summed E-state index contributed by atoms with van der Waals surface area (Å²) in [6.45, 7) is 6.57. The predicted molar refractivity (Wildman–Crippen MR) is 124 cm³/mol. The van der Waals surface area contributed by atoms with Crippen molar-refractivity contribution in [2.75, 3.05) is 5.32 Å². The number of benzene rings is 2. The number of anilines is 1. The van der Waals surface area contributed by atoms with Crippen molar-refractivity contribution >= 4 is 23.5 Å². The van der Waals surface area contributed by atoms with Gasteiger partial charge >= 0.3 is 11.9 Å². The van der Waals surface area contributed by atoms with E-state index in [-0.39, 0.29) is 29.4 Å². The highest BCUT2D eigenvalue weighted by Gasteiger charge is 2.62. The van der Waals surface area contributed by atoms with Gasteiger partial charge in [0.1, 0.15) is 34.5 Å². The largest absolute Gasteiger partial charge is 0.457 e. The number of ether oxygens (including phenoxy) is 3. The van der Waals surface area contributed by atoms with Gasteiger partial charge in [-0.2, -0.15) is 0 Å². The summed E-state index contributed by atoms with van der Waals surface area (Å²) < 4.78 is 16.8. The Morgan fingerprint density at radius 2 is 1.65 bits per heavy atom. The van der Waals surface area contributed by atoms with Crippen LogP contribution >= 0.6 is 0 Å². The SMILES string of the molecule is CC1=C(C(=O)OC(C)(C)C)C2(C(=O)Nc3ccccc32)C(C(=O)OCc2ccccc2)=C(N)O1. The number of rotatable bonds is 4. The standard InChI is InChI=1S/C26H26N2O6/c1-15-19(23(30)34-25(2,3)4)26(17-12-8-9-13-18(17)28-24(26)31)20(21(27)33-15)22(29)32-14-16-10-6-5-7-11-16/h5-13H,14,27H2,1-4H3,(H,28,31). The third-order valence-electron chi connectivity index (χ3n) is 5.55. The number of carbonyl (C=O) groups excluding carboxylic acids is 3. The van der Waals surface area contributed by atoms with E-state index in [1.807, 2.05) is 18.2 Å². The molecule has 1 unspecified atom stereocenters. The quantitative estimate of drug-likeness (QED) is 0.669. The molecule has 3 N–H and O–H groups in total. The van der Waals surface area contributed by atoms with Crippen molar-refractivity contribution in [3.63, 3.8) is 0 Å². The summed E-state index contributed by atoms with van der Waals surface area (Å²) in [5.41, 5.74) is 4.64. The second-order valence-corrected chi connectivity index (χ2v) is 9.09. The van der Waals surface area contributed by atoms with Gasteiger partial charge in [-0.25, -0.2) is 9.59 Å². The first-order valence-electron chi connectivity index (χ1n) is 10.8. The van der Waals surface area contributed by atoms with Crippen LogP contribution in [0, 0.1) is 0 Å². The predicted octanol–water partition coefficient (Wildman–Crippen LogP) is 3.44. The Hall–Kier alpha value is -4.07. The van der Waals surface area contributed by atoms with E-state index in [2.05, 4.69) is 5.32 Å². The van der Waals surface area contributed by atoms with Crippen molar-refractivity contribution in [2.24, 2.45) is 5.73 Å². The smallest absolute Gasteiger partial charge is 0.341 e. The third kappa shape index (κ3) is 3.81. The van der Waals surface area contributed by atoms with Crippen LogP contribution in [0.25, 0.3) is 0 Å². The van der Waals surface area contributed by atoms with Crippen LogP contribution in [0.4, 0.5) is 5.69 Å². The molecule has 176 valence electrons. The number of nitrogens with two attached hydrogens (primary N) is 1. The first kappa shape index (κ1) is 23.1. The lowest BCUT2D eigenvalue weighted by molar-refractivity contribution is -0.152. The molecule has 0 saturated carbocycles. The van der Waals surface area contributed by atoms with Crippen LogP contribution in [-0.2, 0) is 40.6 Å². The Bertz CT molecular complexity index is 1240. The molecule has 1 amide bonds. The number of para-hydroxylation sites is 1. The number of carbonyl (C=O) groups is 3. The number of hydrogen-bond acceptors (Lipinski definition) is 7. The van der Waals surface area contributed by atoms with Gasteiger partial charge in [-0.05, 0) is 39.3 Å². The second-order valence-electron chi connectivity index (χ2n) is 9.09. The molecule has 2 aliphatic rings. The number of allylic oxidation sites excluding steroid dienone is 1. The highest BCUT2D eigenvalue weighted by atomic mass is 16.6. The average molecular weight is 463 g/mol. The van der Waals surface area contributed by atoms with Crippen molar-refractivity contribution in [3.05, 3.63) is 88.5 Å². The summed E-state index contributed by atoms with van der Waals surface area (Å²) in [6.07, 6.45) is 0. The fourth-order valence-corrected chi connectivity index (χ4v) is 4.27. The van der Waals surface area contributed by atoms with Crippen molar-refractivity contribution in [2.45, 2.75) is 45.3 Å². The molecule has 8 nitrogen and oxygen atoms in total. The third-order valence-corrected chi connectivity index (χ3v) is 5.55. The van der Waals surface area contributed by atoms with E-state index in [0.717, 1.165) is 5.56 Å². The number of nitrogens with one attached hydrogen (secondary N) is 1. The highest BCUT2D eigenvalue weighted by molar-refractivity contribution is 6.21. The lowest BCUT2D eigenvalue weighted by Crippen LogP contribution is -2.49. The van der Waals surface area contributed by atoms with Crippen molar-refractivity contribution < 1.29 is 28.6 Å². The van der Waals surface area contributed by atoms with Gasteiger partial charge < -0.3 is 25.3 Å². The molecule has 4 rings (SSSR count). The molecule has 2 heterocycles. The minimum absolute atomic E-state index is 0.0553. The van der Waals surface area contributed by atoms with Crippen LogP contribution in [0.15, 0.2) is 77.4 Å². The van der Waals surface area contributed by atoms with Gasteiger partial charge in [-0.15, -0.1) is 0 Å². The van der Waals surface area contributed by atoms with Crippen molar-refractivity contribution in [1.29, 1.82) is 0 Å². The lowest BCUT2D eigenvalue weighted by Gasteiger charge is -2.36. The number of hydrogen-bond donors (Lipinski definition) is 2. The number of amides is 1. The van der Waals surface area contributed by atoms with Crippen LogP contribution in [-0.4, -0.2) is 23.4 Å². The molecule has 0 saturated heterocycles. The summed E-state index contributed by atoms with van der Waals surface area (Å²) in [7, 11) is 0. The second kappa shape index (κ2) is 8.37. The molecule has 0 aliphatic carbocycles. The van der Waals surface area contributed by atoms with Gasteiger partial charge in [0, 0.05) is 11.3 Å². The zero-order valence-corrected chi connectivity index (χ0v) is 19.4. The van der Waals surface area contributed by atoms with E-state index >= 15 is 0 Å². The van der Waals surface area contributed by atoms with Crippen molar-refractivity contribution in [1.82, 2.24) is 0 Å². The van der Waals surface area contributed by atoms with E-state index in [0.29, 0.717) is 11.3 Å². The van der Waals surface area contributed by atoms with Crippen LogP contribution < -0.4 is 11.1 Å². The van der Waals surface area contributed by atoms with Gasteiger partial charge in [0.2, 0.25) is 11.8 Å². The molecule has 1 spiro atoms. The van der Waals surface area contributed by atoms with Crippen LogP contribution in [0.5, 0.6) is 0 Å². The van der Waals surface area contributed by atoms with E-state index < -0.39 is 28.9 Å². The van der Waals surface area contributed by atoms with Crippen LogP contribution in [0.1, 0.15) is 38.8 Å². The van der Waals surface area contributed by atoms with E-state index in [1.165, 1.54) is 6.92 Å². The maximum atomic E-state index is 13.7. The van der Waals surface area contributed by atoms with Gasteiger partial charge in [0.25, 0.3) is 0 Å². The van der Waals surface area contributed by atoms with Crippen molar-refractivity contribution in [3.8, 4) is 0 Å². The Kier molecular flexibility index (Phi) is 5.69. The minimum Gasteiger partial charge on any atom is -0.457 e. The fraction of sp³-hybridized carbons (Fsp3) is 0.269. The summed E-state index contributed by atoms with van der Waals surface area (Å²) in [5.74, 6) is -2.53. The molecule has 2 aromatic carbocycles. The molecule has 34 heavy (non-hydrogen) atoms. The molecule has 1 atom stereocenters. The van der Waals surface area contributed by atoms with Crippen LogP contribution in [0.2, 0.25) is 0 Å². The zero-order chi connectivity index (χ0) is 24.7. The zero-order valence-electron chi connectivity index (χ0n) is 19.4. The topological polar surface area (TPSA) is 117 Å². The molecule has 0 radical (unpaired) electrons. The summed E-state index contributed by atoms with van der Waals surface area (Å²) >= 11 is 0. The molecule has 2 aliphatic heterocycles. The maximum Gasteiger partial charge on any atom is 0.341 e. The first-order chi connectivity index (χ1) is 16.1. The van der Waals surface area contributed by atoms with E-state index in [1.54, 1.807) is 57.2 Å². The summed E-state index contributed by atoms with van der Waals surface area (Å²) in [4.78, 5) is 40.6. The molecule has 8 heteroatoms. The Morgan fingerprint density at radius 3 is 2.32 bits per heavy atom. The Balaban J connectivity index is 1.87. The highest BCUT2D eigenvalue weighted by Crippen LogP contribution is 2.52. The van der Waals surface area contributed by atoms with E-state index in [9.17, 15) is 14.4 Å². The molecule has 0 bridgehead atoms. The fourth-order valence-electron chi connectivity index (χ4n) is 4.27. The molecular weight excluding hydrogens is 436 g/mol. The van der Waals surface area contributed by atoms with Gasteiger partial charge in [0.15, 0.2) is 0 Å². The lowest BCUT2D eigenvalue weighted by atomic mass is 9.67. The van der Waals surface area contributed by atoms with Gasteiger partial charge in [0.05, 0.1) is 0 Å². The minimum atomic E-state index is -1.89. The molecular formula is C26H26N2O6. The Morgan fingerprint density at radius 1 is 1.00 bits per heavy atom. The summed E-state index contributed by atoms with van der Waals surface area (Å²) in [6, 6.07) is 15.9. The monoisotopic (exact) mass is 462 g/mol. The van der Waals surface area contributed by atoms with Crippen LogP contribution in [0.3, 0.4) is 0 Å². The number of fused-ring (bicyclic) bond motifs is 2. The normalized spacial score (nSPS) is 19.5.